The Hall–Kier alpha value is -2.51. The number of benzene rings is 2. The van der Waals surface area contributed by atoms with Gasteiger partial charge in [0.15, 0.2) is 11.0 Å². The summed E-state index contributed by atoms with van der Waals surface area (Å²) in [4.78, 5) is 4.07. The maximum atomic E-state index is 14.0. The first kappa shape index (κ1) is 17.9. The molecule has 0 atom stereocenters. The number of aromatic nitrogens is 4. The van der Waals surface area contributed by atoms with Crippen LogP contribution in [0.25, 0.3) is 17.1 Å². The average Bonchev–Trinajstić information content (AvgIpc) is 3.12. The lowest BCUT2D eigenvalue weighted by molar-refractivity contribution is 0.617. The Bertz CT molecular complexity index is 1050. The number of pyridine rings is 1. The lowest BCUT2D eigenvalue weighted by atomic mass is 10.2. The Labute approximate surface area is 168 Å². The fourth-order valence-electron chi connectivity index (χ4n) is 2.63. The molecule has 0 aliphatic carbocycles. The lowest BCUT2D eigenvalue weighted by Crippen LogP contribution is -2.00. The van der Waals surface area contributed by atoms with Crippen molar-refractivity contribution in [3.8, 4) is 17.1 Å². The maximum absolute atomic E-state index is 14.0. The van der Waals surface area contributed by atoms with Gasteiger partial charge < -0.3 is 0 Å². The maximum Gasteiger partial charge on any atom is 0.196 e. The first-order valence-electron chi connectivity index (χ1n) is 8.20. The quantitative estimate of drug-likeness (QED) is 0.383. The van der Waals surface area contributed by atoms with Crippen molar-refractivity contribution in [2.75, 3.05) is 0 Å². The third-order valence-electron chi connectivity index (χ3n) is 3.97. The molecule has 134 valence electrons. The molecule has 0 N–H and O–H groups in total. The first-order valence-corrected chi connectivity index (χ1v) is 9.98. The van der Waals surface area contributed by atoms with Crippen LogP contribution in [0.3, 0.4) is 0 Å². The predicted octanol–water partition coefficient (Wildman–Crippen LogP) is 5.52. The molecule has 0 radical (unpaired) electrons. The topological polar surface area (TPSA) is 43.6 Å². The first-order chi connectivity index (χ1) is 13.2. The van der Waals surface area contributed by atoms with Crippen molar-refractivity contribution in [1.82, 2.24) is 19.7 Å². The Balaban J connectivity index is 1.74. The fraction of sp³-hybridized carbons (Fsp3) is 0.0500. The zero-order chi connectivity index (χ0) is 18.6. The largest absolute Gasteiger partial charge is 0.270 e. The van der Waals surface area contributed by atoms with E-state index in [0.29, 0.717) is 16.5 Å². The average molecular weight is 441 g/mol. The van der Waals surface area contributed by atoms with E-state index >= 15 is 0 Å². The highest BCUT2D eigenvalue weighted by atomic mass is 79.9. The van der Waals surface area contributed by atoms with Gasteiger partial charge in [0.05, 0.1) is 0 Å². The van der Waals surface area contributed by atoms with E-state index < -0.39 is 0 Å². The second-order valence-electron chi connectivity index (χ2n) is 5.73. The molecular formula is C20H14BrFN4S. The van der Waals surface area contributed by atoms with Gasteiger partial charge in [-0.2, -0.15) is 0 Å². The van der Waals surface area contributed by atoms with Gasteiger partial charge in [-0.25, -0.2) is 4.39 Å². The molecule has 0 saturated heterocycles. The molecule has 2 aromatic carbocycles. The van der Waals surface area contributed by atoms with E-state index in [4.69, 9.17) is 0 Å². The van der Waals surface area contributed by atoms with Crippen LogP contribution in [-0.4, -0.2) is 19.7 Å². The van der Waals surface area contributed by atoms with E-state index in [2.05, 4.69) is 31.1 Å². The minimum atomic E-state index is -0.214. The summed E-state index contributed by atoms with van der Waals surface area (Å²) in [7, 11) is 0. The summed E-state index contributed by atoms with van der Waals surface area (Å²) in [5, 5.41) is 9.44. The minimum Gasteiger partial charge on any atom is -0.270 e. The lowest BCUT2D eigenvalue weighted by Gasteiger charge is -2.10. The highest BCUT2D eigenvalue weighted by Gasteiger charge is 2.16. The van der Waals surface area contributed by atoms with E-state index in [9.17, 15) is 4.39 Å². The molecule has 0 aliphatic rings. The van der Waals surface area contributed by atoms with Gasteiger partial charge in [0.1, 0.15) is 5.82 Å². The van der Waals surface area contributed by atoms with E-state index in [1.54, 1.807) is 24.5 Å². The monoisotopic (exact) mass is 440 g/mol. The molecule has 4 aromatic rings. The highest BCUT2D eigenvalue weighted by Crippen LogP contribution is 2.30. The van der Waals surface area contributed by atoms with Crippen LogP contribution in [0, 0.1) is 5.82 Å². The van der Waals surface area contributed by atoms with Gasteiger partial charge in [-0.1, -0.05) is 45.9 Å². The van der Waals surface area contributed by atoms with Crippen LogP contribution in [0.5, 0.6) is 0 Å². The van der Waals surface area contributed by atoms with E-state index in [0.717, 1.165) is 21.5 Å². The van der Waals surface area contributed by atoms with Crippen molar-refractivity contribution in [3.63, 3.8) is 0 Å². The standard InChI is InChI=1S/C20H14BrFN4S/c21-16-5-7-17(8-6-16)26-19(14-9-11-23-12-10-14)24-25-20(26)27-13-15-3-1-2-4-18(15)22/h1-12H,13H2. The third kappa shape index (κ3) is 3.94. The summed E-state index contributed by atoms with van der Waals surface area (Å²) in [5.74, 6) is 0.974. The predicted molar refractivity (Wildman–Crippen MR) is 108 cm³/mol. The molecule has 4 rings (SSSR count). The molecule has 2 heterocycles. The van der Waals surface area contributed by atoms with Gasteiger partial charge in [0.25, 0.3) is 0 Å². The number of thioether (sulfide) groups is 1. The summed E-state index contributed by atoms with van der Waals surface area (Å²) in [6, 6.07) is 18.5. The number of rotatable bonds is 5. The van der Waals surface area contributed by atoms with Crippen LogP contribution in [0.15, 0.2) is 82.7 Å². The van der Waals surface area contributed by atoms with Crippen molar-refractivity contribution < 1.29 is 4.39 Å². The van der Waals surface area contributed by atoms with Crippen molar-refractivity contribution >= 4 is 27.7 Å². The molecule has 0 bridgehead atoms. The van der Waals surface area contributed by atoms with E-state index in [1.807, 2.05) is 47.0 Å². The summed E-state index contributed by atoms with van der Waals surface area (Å²) in [5.41, 5.74) is 2.49. The normalized spacial score (nSPS) is 10.9. The molecule has 27 heavy (non-hydrogen) atoms. The smallest absolute Gasteiger partial charge is 0.196 e. The van der Waals surface area contributed by atoms with Crippen LogP contribution in [0.4, 0.5) is 4.39 Å². The zero-order valence-corrected chi connectivity index (χ0v) is 16.5. The van der Waals surface area contributed by atoms with Crippen molar-refractivity contribution in [2.45, 2.75) is 10.9 Å². The molecule has 2 aromatic heterocycles. The minimum absolute atomic E-state index is 0.214. The van der Waals surface area contributed by atoms with Gasteiger partial charge in [-0.3, -0.25) is 9.55 Å². The van der Waals surface area contributed by atoms with Crippen molar-refractivity contribution in [3.05, 3.63) is 88.9 Å². The third-order valence-corrected chi connectivity index (χ3v) is 5.48. The van der Waals surface area contributed by atoms with Gasteiger partial charge in [-0.05, 0) is 48.0 Å². The molecular weight excluding hydrogens is 427 g/mol. The highest BCUT2D eigenvalue weighted by molar-refractivity contribution is 9.10. The Kier molecular flexibility index (Phi) is 5.31. The van der Waals surface area contributed by atoms with Gasteiger partial charge >= 0.3 is 0 Å². The molecule has 4 nitrogen and oxygen atoms in total. The van der Waals surface area contributed by atoms with Crippen LogP contribution in [0.2, 0.25) is 0 Å². The summed E-state index contributed by atoms with van der Waals surface area (Å²) >= 11 is 4.92. The van der Waals surface area contributed by atoms with Crippen molar-refractivity contribution in [1.29, 1.82) is 0 Å². The fourth-order valence-corrected chi connectivity index (χ4v) is 3.83. The molecule has 0 fully saturated rings. The molecule has 0 amide bonds. The van der Waals surface area contributed by atoms with Crippen LogP contribution in [-0.2, 0) is 5.75 Å². The number of hydrogen-bond acceptors (Lipinski definition) is 4. The van der Waals surface area contributed by atoms with Gasteiger partial charge in [0, 0.05) is 33.9 Å². The zero-order valence-electron chi connectivity index (χ0n) is 14.1. The summed E-state index contributed by atoms with van der Waals surface area (Å²) < 4.78 is 16.9. The second-order valence-corrected chi connectivity index (χ2v) is 7.59. The summed E-state index contributed by atoms with van der Waals surface area (Å²) in [6.45, 7) is 0. The van der Waals surface area contributed by atoms with E-state index in [1.165, 1.54) is 17.8 Å². The molecule has 0 aliphatic heterocycles. The van der Waals surface area contributed by atoms with Crippen LogP contribution >= 0.6 is 27.7 Å². The number of halogens is 2. The molecule has 0 spiro atoms. The van der Waals surface area contributed by atoms with Crippen molar-refractivity contribution in [2.24, 2.45) is 0 Å². The SMILES string of the molecule is Fc1ccccc1CSc1nnc(-c2ccncc2)n1-c1ccc(Br)cc1. The molecule has 0 saturated carbocycles. The number of hydrogen-bond donors (Lipinski definition) is 0. The van der Waals surface area contributed by atoms with Crippen LogP contribution < -0.4 is 0 Å². The molecule has 0 unspecified atom stereocenters. The van der Waals surface area contributed by atoms with Gasteiger partial charge in [0.2, 0.25) is 0 Å². The Morgan fingerprint density at radius 3 is 2.41 bits per heavy atom. The van der Waals surface area contributed by atoms with Crippen LogP contribution in [0.1, 0.15) is 5.56 Å². The van der Waals surface area contributed by atoms with E-state index in [-0.39, 0.29) is 5.82 Å². The molecule has 7 heteroatoms. The van der Waals surface area contributed by atoms with Gasteiger partial charge in [-0.15, -0.1) is 10.2 Å². The second kappa shape index (κ2) is 8.02. The Morgan fingerprint density at radius 2 is 1.67 bits per heavy atom. The summed E-state index contributed by atoms with van der Waals surface area (Å²) in [6.07, 6.45) is 3.45. The Morgan fingerprint density at radius 1 is 0.926 bits per heavy atom. The number of nitrogens with zero attached hydrogens (tertiary/aromatic N) is 4.